The van der Waals surface area contributed by atoms with Crippen LogP contribution in [-0.4, -0.2) is 48.2 Å². The minimum Gasteiger partial charge on any atom is -0.492 e. The smallest absolute Gasteiger partial charge is 0.308 e. The molecule has 0 bridgehead atoms. The van der Waals surface area contributed by atoms with Gasteiger partial charge in [0.05, 0.1) is 12.1 Å². The molecule has 0 atom stereocenters. The minimum atomic E-state index is -0.854. The van der Waals surface area contributed by atoms with Crippen molar-refractivity contribution in [3.63, 3.8) is 0 Å². The maximum absolute atomic E-state index is 11.3. The Balaban J connectivity index is 1.85. The van der Waals surface area contributed by atoms with E-state index in [1.54, 1.807) is 0 Å². The lowest BCUT2D eigenvalue weighted by atomic mass is 10.1. The van der Waals surface area contributed by atoms with Crippen molar-refractivity contribution in [2.24, 2.45) is 0 Å². The van der Waals surface area contributed by atoms with Crippen LogP contribution in [0.15, 0.2) is 48.5 Å². The summed E-state index contributed by atoms with van der Waals surface area (Å²) >= 11 is 1.43. The van der Waals surface area contributed by atoms with Gasteiger partial charge in [-0.25, -0.2) is 4.98 Å². The van der Waals surface area contributed by atoms with E-state index in [2.05, 4.69) is 4.90 Å². The van der Waals surface area contributed by atoms with E-state index in [9.17, 15) is 9.90 Å². The molecular formula is C22H24N2O3S. The van der Waals surface area contributed by atoms with Crippen molar-refractivity contribution in [1.29, 1.82) is 0 Å². The number of aliphatic carboxylic acids is 1. The predicted molar refractivity (Wildman–Crippen MR) is 113 cm³/mol. The zero-order valence-electron chi connectivity index (χ0n) is 16.3. The zero-order chi connectivity index (χ0) is 20.1. The van der Waals surface area contributed by atoms with Crippen LogP contribution in [-0.2, 0) is 11.2 Å². The number of aryl methyl sites for hydroxylation is 1. The number of rotatable bonds is 8. The predicted octanol–water partition coefficient (Wildman–Crippen LogP) is 4.35. The Morgan fingerprint density at radius 1 is 1.07 bits per heavy atom. The zero-order valence-corrected chi connectivity index (χ0v) is 17.1. The van der Waals surface area contributed by atoms with E-state index in [1.807, 2.05) is 69.6 Å². The Hall–Kier alpha value is -2.70. The third-order valence-electron chi connectivity index (χ3n) is 4.24. The molecule has 0 spiro atoms. The summed E-state index contributed by atoms with van der Waals surface area (Å²) in [7, 11) is 4.02. The van der Waals surface area contributed by atoms with E-state index in [1.165, 1.54) is 11.3 Å². The Bertz CT molecular complexity index is 931. The Kier molecular flexibility index (Phi) is 6.44. The molecule has 1 aromatic heterocycles. The van der Waals surface area contributed by atoms with Gasteiger partial charge in [0.1, 0.15) is 17.4 Å². The molecule has 0 saturated heterocycles. The van der Waals surface area contributed by atoms with E-state index in [0.717, 1.165) is 44.6 Å². The largest absolute Gasteiger partial charge is 0.492 e. The van der Waals surface area contributed by atoms with Gasteiger partial charge in [0, 0.05) is 22.5 Å². The first-order valence-electron chi connectivity index (χ1n) is 9.09. The lowest BCUT2D eigenvalue weighted by Gasteiger charge is -2.11. The number of aromatic nitrogens is 1. The number of carbonyl (C=O) groups is 1. The highest BCUT2D eigenvalue weighted by Gasteiger charge is 2.17. The molecular weight excluding hydrogens is 372 g/mol. The summed E-state index contributed by atoms with van der Waals surface area (Å²) in [5, 5.41) is 10.1. The summed E-state index contributed by atoms with van der Waals surface area (Å²) in [6, 6.07) is 15.8. The second kappa shape index (κ2) is 8.99. The number of ether oxygens (including phenoxy) is 1. The SMILES string of the molecule is Cc1ccc(-c2nc(-c3ccc(OCCN(C)C)cc3)sc2CC(=O)O)cc1. The third kappa shape index (κ3) is 5.18. The van der Waals surface area contributed by atoms with Crippen molar-refractivity contribution in [1.82, 2.24) is 9.88 Å². The molecule has 0 aliphatic heterocycles. The molecule has 0 radical (unpaired) electrons. The monoisotopic (exact) mass is 396 g/mol. The number of carboxylic acids is 1. The Morgan fingerprint density at radius 3 is 2.32 bits per heavy atom. The molecule has 0 unspecified atom stereocenters. The van der Waals surface area contributed by atoms with Gasteiger partial charge in [0.25, 0.3) is 0 Å². The molecule has 3 aromatic rings. The van der Waals surface area contributed by atoms with Crippen molar-refractivity contribution < 1.29 is 14.6 Å². The van der Waals surface area contributed by atoms with Gasteiger partial charge >= 0.3 is 5.97 Å². The van der Waals surface area contributed by atoms with Gasteiger partial charge in [-0.3, -0.25) is 4.79 Å². The summed E-state index contributed by atoms with van der Waals surface area (Å²) in [6.45, 7) is 3.51. The van der Waals surface area contributed by atoms with Gasteiger partial charge in [0.2, 0.25) is 0 Å². The molecule has 28 heavy (non-hydrogen) atoms. The Morgan fingerprint density at radius 2 is 1.71 bits per heavy atom. The fourth-order valence-corrected chi connectivity index (χ4v) is 3.79. The number of thiazole rings is 1. The van der Waals surface area contributed by atoms with Gasteiger partial charge < -0.3 is 14.7 Å². The summed E-state index contributed by atoms with van der Waals surface area (Å²) in [6.07, 6.45) is -0.0351. The van der Waals surface area contributed by atoms with Gasteiger partial charge in [-0.05, 0) is 45.3 Å². The second-order valence-electron chi connectivity index (χ2n) is 6.90. The maximum Gasteiger partial charge on any atom is 0.308 e. The van der Waals surface area contributed by atoms with Crippen LogP contribution in [0.2, 0.25) is 0 Å². The number of likely N-dealkylation sites (N-methyl/N-ethyl adjacent to an activating group) is 1. The highest BCUT2D eigenvalue weighted by Crippen LogP contribution is 2.35. The van der Waals surface area contributed by atoms with E-state index in [4.69, 9.17) is 9.72 Å². The molecule has 1 heterocycles. The highest BCUT2D eigenvalue weighted by molar-refractivity contribution is 7.15. The topological polar surface area (TPSA) is 62.7 Å². The average Bonchev–Trinajstić information content (AvgIpc) is 3.05. The van der Waals surface area contributed by atoms with E-state index in [0.29, 0.717) is 6.61 Å². The molecule has 0 amide bonds. The van der Waals surface area contributed by atoms with Crippen LogP contribution >= 0.6 is 11.3 Å². The van der Waals surface area contributed by atoms with Crippen LogP contribution in [0.4, 0.5) is 0 Å². The molecule has 0 fully saturated rings. The first-order valence-corrected chi connectivity index (χ1v) is 9.90. The van der Waals surface area contributed by atoms with Crippen molar-refractivity contribution in [2.45, 2.75) is 13.3 Å². The molecule has 6 heteroatoms. The van der Waals surface area contributed by atoms with Crippen LogP contribution in [0.25, 0.3) is 21.8 Å². The van der Waals surface area contributed by atoms with Crippen molar-refractivity contribution in [2.75, 3.05) is 27.2 Å². The summed E-state index contributed by atoms with van der Waals surface area (Å²) in [5.41, 5.74) is 3.79. The molecule has 5 nitrogen and oxygen atoms in total. The number of nitrogens with zero attached hydrogens (tertiary/aromatic N) is 2. The first kappa shape index (κ1) is 20.0. The number of carboxylic acid groups (broad SMARTS) is 1. The number of hydrogen-bond acceptors (Lipinski definition) is 5. The lowest BCUT2D eigenvalue weighted by molar-refractivity contribution is -0.136. The summed E-state index contributed by atoms with van der Waals surface area (Å²) in [5.74, 6) is -0.0418. The van der Waals surface area contributed by atoms with Crippen LogP contribution < -0.4 is 4.74 Å². The van der Waals surface area contributed by atoms with Crippen LogP contribution in [0.3, 0.4) is 0 Å². The first-order chi connectivity index (χ1) is 13.4. The lowest BCUT2D eigenvalue weighted by Crippen LogP contribution is -2.19. The fourth-order valence-electron chi connectivity index (χ4n) is 2.71. The van der Waals surface area contributed by atoms with Gasteiger partial charge in [-0.15, -0.1) is 11.3 Å². The molecule has 146 valence electrons. The standard InChI is InChI=1S/C22H24N2O3S/c1-15-4-6-16(7-5-15)21-19(14-20(25)26)28-22(23-21)17-8-10-18(11-9-17)27-13-12-24(2)3/h4-11H,12-14H2,1-3H3,(H,25,26). The molecule has 1 N–H and O–H groups in total. The molecule has 0 aliphatic rings. The summed E-state index contributed by atoms with van der Waals surface area (Å²) < 4.78 is 5.73. The van der Waals surface area contributed by atoms with Crippen molar-refractivity contribution in [3.05, 3.63) is 59.0 Å². The highest BCUT2D eigenvalue weighted by atomic mass is 32.1. The summed E-state index contributed by atoms with van der Waals surface area (Å²) in [4.78, 5) is 18.9. The van der Waals surface area contributed by atoms with Gasteiger partial charge in [-0.1, -0.05) is 29.8 Å². The van der Waals surface area contributed by atoms with E-state index >= 15 is 0 Å². The van der Waals surface area contributed by atoms with E-state index < -0.39 is 5.97 Å². The molecule has 0 aliphatic carbocycles. The average molecular weight is 397 g/mol. The second-order valence-corrected chi connectivity index (χ2v) is 7.99. The third-order valence-corrected chi connectivity index (χ3v) is 5.35. The molecule has 2 aromatic carbocycles. The maximum atomic E-state index is 11.3. The van der Waals surface area contributed by atoms with E-state index in [-0.39, 0.29) is 6.42 Å². The molecule has 0 saturated carbocycles. The number of benzene rings is 2. The van der Waals surface area contributed by atoms with Crippen LogP contribution in [0.5, 0.6) is 5.75 Å². The fraction of sp³-hybridized carbons (Fsp3) is 0.273. The normalized spacial score (nSPS) is 11.0. The van der Waals surface area contributed by atoms with Crippen molar-refractivity contribution >= 4 is 17.3 Å². The van der Waals surface area contributed by atoms with Gasteiger partial charge in [-0.2, -0.15) is 0 Å². The quantitative estimate of drug-likeness (QED) is 0.613. The minimum absolute atomic E-state index is 0.0351. The molecule has 3 rings (SSSR count). The van der Waals surface area contributed by atoms with Crippen LogP contribution in [0, 0.1) is 6.92 Å². The Labute approximate surface area is 169 Å². The van der Waals surface area contributed by atoms with Crippen molar-refractivity contribution in [3.8, 4) is 27.6 Å². The van der Waals surface area contributed by atoms with Gasteiger partial charge in [0.15, 0.2) is 0 Å². The number of hydrogen-bond donors (Lipinski definition) is 1. The van der Waals surface area contributed by atoms with Crippen LogP contribution in [0.1, 0.15) is 10.4 Å².